The maximum Gasteiger partial charge on any atom is 0.0981 e. The predicted molar refractivity (Wildman–Crippen MR) is 98.3 cm³/mol. The third kappa shape index (κ3) is 4.51. The molecule has 0 amide bonds. The summed E-state index contributed by atoms with van der Waals surface area (Å²) in [7, 11) is 0. The first-order valence-corrected chi connectivity index (χ1v) is 8.65. The monoisotopic (exact) mass is 352 g/mol. The van der Waals surface area contributed by atoms with E-state index in [4.69, 9.17) is 0 Å². The van der Waals surface area contributed by atoms with Crippen molar-refractivity contribution >= 4 is 23.7 Å². The molecule has 1 fully saturated rings. The lowest BCUT2D eigenvalue weighted by molar-refractivity contribution is 0.155. The van der Waals surface area contributed by atoms with Crippen molar-refractivity contribution in [2.75, 3.05) is 19.6 Å². The number of thiazole rings is 1. The summed E-state index contributed by atoms with van der Waals surface area (Å²) in [5, 5.41) is 4.71. The fourth-order valence-electron chi connectivity index (χ4n) is 2.76. The highest BCUT2D eigenvalue weighted by atomic mass is 35.5. The van der Waals surface area contributed by atoms with E-state index in [1.807, 2.05) is 36.0 Å². The first kappa shape index (κ1) is 18.3. The minimum Gasteiger partial charge on any atom is -0.314 e. The van der Waals surface area contributed by atoms with Crippen LogP contribution in [-0.2, 0) is 12.0 Å². The minimum absolute atomic E-state index is 0. The number of piperazine rings is 1. The zero-order chi connectivity index (χ0) is 15.6. The lowest BCUT2D eigenvalue weighted by atomic mass is 9.98. The molecule has 0 bridgehead atoms. The van der Waals surface area contributed by atoms with E-state index >= 15 is 0 Å². The smallest absolute Gasteiger partial charge is 0.0981 e. The van der Waals surface area contributed by atoms with Gasteiger partial charge in [0.25, 0.3) is 0 Å². The highest BCUT2D eigenvalue weighted by Crippen LogP contribution is 2.29. The second kappa shape index (κ2) is 7.71. The highest BCUT2D eigenvalue weighted by molar-refractivity contribution is 7.11. The van der Waals surface area contributed by atoms with E-state index in [9.17, 15) is 0 Å². The Hall–Kier alpha value is -1.01. The Morgan fingerprint density at radius 2 is 2.17 bits per heavy atom. The van der Waals surface area contributed by atoms with Crippen LogP contribution in [0.3, 0.4) is 0 Å². The number of aromatic nitrogens is 2. The molecule has 2 aromatic rings. The van der Waals surface area contributed by atoms with E-state index in [1.165, 1.54) is 15.4 Å². The second-order valence-electron chi connectivity index (χ2n) is 6.86. The maximum atomic E-state index is 4.61. The van der Waals surface area contributed by atoms with Crippen molar-refractivity contribution in [3.05, 3.63) is 46.2 Å². The van der Waals surface area contributed by atoms with Crippen molar-refractivity contribution in [3.8, 4) is 0 Å². The molecule has 0 spiro atoms. The van der Waals surface area contributed by atoms with Crippen molar-refractivity contribution in [2.24, 2.45) is 0 Å². The summed E-state index contributed by atoms with van der Waals surface area (Å²) in [6, 6.07) is 4.58. The molecule has 2 aromatic heterocycles. The van der Waals surface area contributed by atoms with Crippen molar-refractivity contribution in [2.45, 2.75) is 38.8 Å². The number of hydrogen-bond donors (Lipinski definition) is 1. The average molecular weight is 353 g/mol. The molecule has 3 rings (SSSR count). The van der Waals surface area contributed by atoms with E-state index in [2.05, 4.69) is 47.0 Å². The van der Waals surface area contributed by atoms with E-state index in [1.54, 1.807) is 0 Å². The van der Waals surface area contributed by atoms with E-state index in [0.717, 1.165) is 26.2 Å². The predicted octanol–water partition coefficient (Wildman–Crippen LogP) is 3.40. The summed E-state index contributed by atoms with van der Waals surface area (Å²) >= 11 is 1.84. The summed E-state index contributed by atoms with van der Waals surface area (Å²) in [4.78, 5) is 12.8. The molecule has 0 radical (unpaired) electrons. The number of pyridine rings is 1. The Morgan fingerprint density at radius 1 is 1.35 bits per heavy atom. The van der Waals surface area contributed by atoms with Gasteiger partial charge in [-0.25, -0.2) is 4.98 Å². The van der Waals surface area contributed by atoms with Crippen LogP contribution in [0.5, 0.6) is 0 Å². The fourth-order valence-corrected chi connectivity index (χ4v) is 3.76. The zero-order valence-electron chi connectivity index (χ0n) is 14.0. The van der Waals surface area contributed by atoms with Crippen molar-refractivity contribution in [1.82, 2.24) is 20.2 Å². The molecule has 0 saturated carbocycles. The van der Waals surface area contributed by atoms with Gasteiger partial charge in [0.2, 0.25) is 0 Å². The Balaban J connectivity index is 0.00000192. The van der Waals surface area contributed by atoms with Crippen LogP contribution in [0, 0.1) is 0 Å². The molecular weight excluding hydrogens is 328 g/mol. The van der Waals surface area contributed by atoms with Gasteiger partial charge >= 0.3 is 0 Å². The lowest BCUT2D eigenvalue weighted by Crippen LogP contribution is -2.45. The Morgan fingerprint density at radius 3 is 2.83 bits per heavy atom. The Kier molecular flexibility index (Phi) is 6.14. The Labute approximate surface area is 148 Å². The molecule has 23 heavy (non-hydrogen) atoms. The molecule has 1 atom stereocenters. The van der Waals surface area contributed by atoms with Gasteiger partial charge in [0.1, 0.15) is 0 Å². The normalized spacial score (nSPS) is 19.3. The van der Waals surface area contributed by atoms with Gasteiger partial charge in [-0.2, -0.15) is 0 Å². The van der Waals surface area contributed by atoms with Gasteiger partial charge in [-0.1, -0.05) is 26.8 Å². The third-order valence-electron chi connectivity index (χ3n) is 3.98. The summed E-state index contributed by atoms with van der Waals surface area (Å²) in [5.41, 5.74) is 1.42. The molecule has 1 unspecified atom stereocenters. The van der Waals surface area contributed by atoms with E-state index in [-0.39, 0.29) is 17.8 Å². The van der Waals surface area contributed by atoms with Crippen molar-refractivity contribution in [3.63, 3.8) is 0 Å². The van der Waals surface area contributed by atoms with Gasteiger partial charge in [0.15, 0.2) is 0 Å². The SMILES string of the molecule is CC(C)(C)c1ncc(CN2CCNCC2c2cccnc2)s1.Cl. The number of rotatable bonds is 3. The van der Waals surface area contributed by atoms with Gasteiger partial charge in [0, 0.05) is 61.1 Å². The highest BCUT2D eigenvalue weighted by Gasteiger charge is 2.25. The van der Waals surface area contributed by atoms with E-state index < -0.39 is 0 Å². The van der Waals surface area contributed by atoms with Crippen LogP contribution >= 0.6 is 23.7 Å². The zero-order valence-corrected chi connectivity index (χ0v) is 15.6. The number of halogens is 1. The fraction of sp³-hybridized carbons (Fsp3) is 0.529. The van der Waals surface area contributed by atoms with Gasteiger partial charge in [-0.05, 0) is 11.6 Å². The minimum atomic E-state index is 0. The molecule has 0 aromatic carbocycles. The molecular formula is C17H25ClN4S. The summed E-state index contributed by atoms with van der Waals surface area (Å²) in [5.74, 6) is 0. The largest absolute Gasteiger partial charge is 0.314 e. The molecule has 0 aliphatic carbocycles. The first-order valence-electron chi connectivity index (χ1n) is 7.84. The van der Waals surface area contributed by atoms with Gasteiger partial charge in [-0.15, -0.1) is 23.7 Å². The van der Waals surface area contributed by atoms with Crippen LogP contribution in [0.15, 0.2) is 30.7 Å². The van der Waals surface area contributed by atoms with Crippen LogP contribution in [-0.4, -0.2) is 34.5 Å². The van der Waals surface area contributed by atoms with Crippen LogP contribution in [0.2, 0.25) is 0 Å². The molecule has 4 nitrogen and oxygen atoms in total. The lowest BCUT2D eigenvalue weighted by Gasteiger charge is -2.36. The number of nitrogens with zero attached hydrogens (tertiary/aromatic N) is 3. The quantitative estimate of drug-likeness (QED) is 0.919. The van der Waals surface area contributed by atoms with Crippen molar-refractivity contribution in [1.29, 1.82) is 0 Å². The van der Waals surface area contributed by atoms with E-state index in [0.29, 0.717) is 6.04 Å². The van der Waals surface area contributed by atoms with Gasteiger partial charge in [0.05, 0.1) is 5.01 Å². The summed E-state index contributed by atoms with van der Waals surface area (Å²) < 4.78 is 0. The van der Waals surface area contributed by atoms with Crippen molar-refractivity contribution < 1.29 is 0 Å². The molecule has 1 N–H and O–H groups in total. The maximum absolute atomic E-state index is 4.61. The number of nitrogens with one attached hydrogen (secondary N) is 1. The third-order valence-corrected chi connectivity index (χ3v) is 5.39. The van der Waals surface area contributed by atoms with Gasteiger partial charge < -0.3 is 5.32 Å². The Bertz CT molecular complexity index is 609. The molecule has 6 heteroatoms. The van der Waals surface area contributed by atoms with Crippen LogP contribution in [0.1, 0.15) is 42.3 Å². The standard InChI is InChI=1S/C17H24N4S.ClH/c1-17(2,3)16-20-10-14(22-16)12-21-8-7-19-11-15(21)13-5-4-6-18-9-13;/h4-6,9-10,15,19H,7-8,11-12H2,1-3H3;1H. The van der Waals surface area contributed by atoms with Crippen LogP contribution in [0.4, 0.5) is 0 Å². The summed E-state index contributed by atoms with van der Waals surface area (Å²) in [6.45, 7) is 10.7. The molecule has 3 heterocycles. The molecule has 1 saturated heterocycles. The van der Waals surface area contributed by atoms with Gasteiger partial charge in [-0.3, -0.25) is 9.88 Å². The van der Waals surface area contributed by atoms with Crippen LogP contribution < -0.4 is 5.32 Å². The topological polar surface area (TPSA) is 41.1 Å². The number of hydrogen-bond acceptors (Lipinski definition) is 5. The molecule has 126 valence electrons. The first-order chi connectivity index (χ1) is 10.5. The molecule has 1 aliphatic rings. The summed E-state index contributed by atoms with van der Waals surface area (Å²) in [6.07, 6.45) is 5.87. The van der Waals surface area contributed by atoms with Crippen LogP contribution in [0.25, 0.3) is 0 Å². The average Bonchev–Trinajstić information content (AvgIpc) is 2.97. The second-order valence-corrected chi connectivity index (χ2v) is 7.97. The molecule has 1 aliphatic heterocycles.